The van der Waals surface area contributed by atoms with E-state index in [-0.39, 0.29) is 30.9 Å². The maximum Gasteiger partial charge on any atom is 0.265 e. The molecule has 2 aromatic carbocycles. The first kappa shape index (κ1) is 20.5. The number of carbonyl (C=O) groups is 2. The van der Waals surface area contributed by atoms with Crippen molar-refractivity contribution in [1.82, 2.24) is 15.0 Å². The Morgan fingerprint density at radius 3 is 2.62 bits per heavy atom. The van der Waals surface area contributed by atoms with E-state index in [9.17, 15) is 9.59 Å². The van der Waals surface area contributed by atoms with Gasteiger partial charge in [-0.3, -0.25) is 14.5 Å². The highest BCUT2D eigenvalue weighted by molar-refractivity contribution is 6.30. The first-order chi connectivity index (χ1) is 15.6. The van der Waals surface area contributed by atoms with E-state index >= 15 is 0 Å². The second-order valence-electron chi connectivity index (χ2n) is 7.85. The molecule has 0 bridgehead atoms. The minimum absolute atomic E-state index is 0.00510. The van der Waals surface area contributed by atoms with Gasteiger partial charge in [-0.05, 0) is 49.2 Å². The third-order valence-electron chi connectivity index (χ3n) is 5.84. The number of aromatic nitrogens is 2. The van der Waals surface area contributed by atoms with Crippen molar-refractivity contribution in [3.05, 3.63) is 59.4 Å². The Labute approximate surface area is 189 Å². The standard InChI is InChI=1S/C23H21ClN4O4/c24-17-7-5-15(6-8-17)22-25-23(32-26-22)16-9-11-27(12-10-16)20(29)13-28-18-3-1-2-4-19(18)31-14-21(28)30/h1-8,16H,9-14H2. The van der Waals surface area contributed by atoms with Gasteiger partial charge < -0.3 is 14.2 Å². The average molecular weight is 453 g/mol. The summed E-state index contributed by atoms with van der Waals surface area (Å²) in [4.78, 5) is 33.1. The molecule has 2 aliphatic rings. The van der Waals surface area contributed by atoms with Crippen molar-refractivity contribution in [2.45, 2.75) is 18.8 Å². The van der Waals surface area contributed by atoms with Crippen molar-refractivity contribution in [3.8, 4) is 17.1 Å². The molecule has 5 rings (SSSR count). The van der Waals surface area contributed by atoms with Gasteiger partial charge >= 0.3 is 0 Å². The van der Waals surface area contributed by atoms with Gasteiger partial charge in [0.05, 0.1) is 5.69 Å². The van der Waals surface area contributed by atoms with Crippen molar-refractivity contribution in [2.75, 3.05) is 31.1 Å². The van der Waals surface area contributed by atoms with Crippen LogP contribution in [-0.2, 0) is 9.59 Å². The molecule has 32 heavy (non-hydrogen) atoms. The molecule has 3 heterocycles. The molecule has 1 aromatic heterocycles. The largest absolute Gasteiger partial charge is 0.482 e. The molecule has 0 saturated carbocycles. The van der Waals surface area contributed by atoms with Crippen LogP contribution in [0.2, 0.25) is 5.02 Å². The van der Waals surface area contributed by atoms with Crippen LogP contribution in [0.4, 0.5) is 5.69 Å². The van der Waals surface area contributed by atoms with Crippen LogP contribution in [0.3, 0.4) is 0 Å². The molecule has 1 fully saturated rings. The van der Waals surface area contributed by atoms with Crippen LogP contribution >= 0.6 is 11.6 Å². The number of piperidine rings is 1. The van der Waals surface area contributed by atoms with E-state index < -0.39 is 0 Å². The zero-order chi connectivity index (χ0) is 22.1. The van der Waals surface area contributed by atoms with E-state index in [0.29, 0.717) is 41.3 Å². The van der Waals surface area contributed by atoms with E-state index in [0.717, 1.165) is 18.4 Å². The van der Waals surface area contributed by atoms with E-state index in [1.165, 1.54) is 4.90 Å². The van der Waals surface area contributed by atoms with E-state index in [2.05, 4.69) is 10.1 Å². The maximum absolute atomic E-state index is 12.9. The molecule has 1 saturated heterocycles. The van der Waals surface area contributed by atoms with Gasteiger partial charge in [0.1, 0.15) is 12.3 Å². The van der Waals surface area contributed by atoms with Gasteiger partial charge in [0.25, 0.3) is 5.91 Å². The van der Waals surface area contributed by atoms with Gasteiger partial charge in [-0.2, -0.15) is 4.98 Å². The third-order valence-corrected chi connectivity index (χ3v) is 6.09. The topological polar surface area (TPSA) is 88.8 Å². The van der Waals surface area contributed by atoms with Crippen molar-refractivity contribution in [2.24, 2.45) is 0 Å². The monoisotopic (exact) mass is 452 g/mol. The third kappa shape index (κ3) is 4.05. The van der Waals surface area contributed by atoms with Crippen molar-refractivity contribution in [1.29, 1.82) is 0 Å². The number of hydrogen-bond donors (Lipinski definition) is 0. The quantitative estimate of drug-likeness (QED) is 0.601. The Balaban J connectivity index is 1.20. The molecule has 0 unspecified atom stereocenters. The minimum Gasteiger partial charge on any atom is -0.482 e. The number of rotatable bonds is 4. The summed E-state index contributed by atoms with van der Waals surface area (Å²) in [6.07, 6.45) is 1.45. The highest BCUT2D eigenvalue weighted by Crippen LogP contribution is 2.32. The van der Waals surface area contributed by atoms with Crippen LogP contribution in [0.25, 0.3) is 11.4 Å². The number of ether oxygens (including phenoxy) is 1. The number of benzene rings is 2. The zero-order valence-corrected chi connectivity index (χ0v) is 18.0. The fourth-order valence-electron chi connectivity index (χ4n) is 4.06. The number of hydrogen-bond acceptors (Lipinski definition) is 6. The van der Waals surface area contributed by atoms with Gasteiger partial charge in [-0.1, -0.05) is 28.9 Å². The minimum atomic E-state index is -0.215. The normalized spacial score (nSPS) is 16.6. The molecular weight excluding hydrogens is 432 g/mol. The highest BCUT2D eigenvalue weighted by Gasteiger charge is 2.31. The number of para-hydroxylation sites is 2. The first-order valence-electron chi connectivity index (χ1n) is 10.5. The van der Waals surface area contributed by atoms with Crippen LogP contribution in [0.15, 0.2) is 53.1 Å². The SMILES string of the molecule is O=C(CN1C(=O)COc2ccccc21)N1CCC(c2nc(-c3ccc(Cl)cc3)no2)CC1. The van der Waals surface area contributed by atoms with Crippen LogP contribution in [-0.4, -0.2) is 53.1 Å². The Bertz CT molecular complexity index is 1140. The molecule has 164 valence electrons. The summed E-state index contributed by atoms with van der Waals surface area (Å²) in [5, 5.41) is 4.74. The lowest BCUT2D eigenvalue weighted by atomic mass is 9.96. The Kier molecular flexibility index (Phi) is 5.53. The molecule has 2 aliphatic heterocycles. The molecule has 0 radical (unpaired) electrons. The van der Waals surface area contributed by atoms with Gasteiger partial charge in [0.15, 0.2) is 6.61 Å². The summed E-state index contributed by atoms with van der Waals surface area (Å²) in [5.41, 5.74) is 1.47. The molecule has 2 amide bonds. The van der Waals surface area contributed by atoms with Gasteiger partial charge in [-0.25, -0.2) is 0 Å². The van der Waals surface area contributed by atoms with Crippen LogP contribution in [0.5, 0.6) is 5.75 Å². The Morgan fingerprint density at radius 2 is 1.84 bits per heavy atom. The lowest BCUT2D eigenvalue weighted by Crippen LogP contribution is -2.48. The smallest absolute Gasteiger partial charge is 0.265 e. The molecule has 0 atom stereocenters. The average Bonchev–Trinajstić information content (AvgIpc) is 3.32. The zero-order valence-electron chi connectivity index (χ0n) is 17.2. The number of carbonyl (C=O) groups excluding carboxylic acids is 2. The number of halogens is 1. The number of anilines is 1. The summed E-state index contributed by atoms with van der Waals surface area (Å²) < 4.78 is 10.9. The number of amides is 2. The molecule has 9 heteroatoms. The lowest BCUT2D eigenvalue weighted by Gasteiger charge is -2.34. The molecular formula is C23H21ClN4O4. The van der Waals surface area contributed by atoms with E-state index in [4.69, 9.17) is 20.9 Å². The second kappa shape index (κ2) is 8.63. The summed E-state index contributed by atoms with van der Waals surface area (Å²) >= 11 is 5.94. The highest BCUT2D eigenvalue weighted by atomic mass is 35.5. The number of nitrogens with zero attached hydrogens (tertiary/aromatic N) is 4. The Hall–Kier alpha value is -3.39. The molecule has 0 aliphatic carbocycles. The Morgan fingerprint density at radius 1 is 1.09 bits per heavy atom. The molecule has 0 N–H and O–H groups in total. The van der Waals surface area contributed by atoms with E-state index in [1.807, 2.05) is 24.3 Å². The van der Waals surface area contributed by atoms with Gasteiger partial charge in [0, 0.05) is 29.6 Å². The van der Waals surface area contributed by atoms with Crippen molar-refractivity contribution < 1.29 is 18.8 Å². The van der Waals surface area contributed by atoms with Gasteiger partial charge in [-0.15, -0.1) is 0 Å². The van der Waals surface area contributed by atoms with E-state index in [1.54, 1.807) is 29.2 Å². The van der Waals surface area contributed by atoms with Crippen molar-refractivity contribution in [3.63, 3.8) is 0 Å². The van der Waals surface area contributed by atoms with Gasteiger partial charge in [0.2, 0.25) is 17.6 Å². The van der Waals surface area contributed by atoms with Crippen LogP contribution in [0.1, 0.15) is 24.7 Å². The maximum atomic E-state index is 12.9. The van der Waals surface area contributed by atoms with Crippen LogP contribution < -0.4 is 9.64 Å². The molecule has 3 aromatic rings. The van der Waals surface area contributed by atoms with Crippen molar-refractivity contribution >= 4 is 29.1 Å². The summed E-state index contributed by atoms with van der Waals surface area (Å²) in [5.74, 6) is 1.53. The second-order valence-corrected chi connectivity index (χ2v) is 8.29. The summed E-state index contributed by atoms with van der Waals surface area (Å²) in [6, 6.07) is 14.5. The predicted molar refractivity (Wildman–Crippen MR) is 118 cm³/mol. The fraction of sp³-hybridized carbons (Fsp3) is 0.304. The predicted octanol–water partition coefficient (Wildman–Crippen LogP) is 3.52. The summed E-state index contributed by atoms with van der Waals surface area (Å²) in [7, 11) is 0. The number of likely N-dealkylation sites (tertiary alicyclic amines) is 1. The van der Waals surface area contributed by atoms with Crippen LogP contribution in [0, 0.1) is 0 Å². The first-order valence-corrected chi connectivity index (χ1v) is 10.9. The molecule has 8 nitrogen and oxygen atoms in total. The lowest BCUT2D eigenvalue weighted by molar-refractivity contribution is -0.133. The molecule has 0 spiro atoms. The fourth-order valence-corrected chi connectivity index (χ4v) is 4.18. The summed E-state index contributed by atoms with van der Waals surface area (Å²) in [6.45, 7) is 1.09. The number of fused-ring (bicyclic) bond motifs is 1.